The van der Waals surface area contributed by atoms with Crippen LogP contribution in [0.5, 0.6) is 0 Å². The fraction of sp³-hybridized carbons (Fsp3) is 0.545. The van der Waals surface area contributed by atoms with Crippen molar-refractivity contribution >= 4 is 17.4 Å². The van der Waals surface area contributed by atoms with E-state index in [1.54, 1.807) is 10.6 Å². The summed E-state index contributed by atoms with van der Waals surface area (Å²) in [5.74, 6) is 0.824. The predicted octanol–water partition coefficient (Wildman–Crippen LogP) is 0.773. The predicted molar refractivity (Wildman–Crippen MR) is 60.9 cm³/mol. The highest BCUT2D eigenvalue weighted by atomic mass is 35.5. The summed E-state index contributed by atoms with van der Waals surface area (Å²) in [5, 5.41) is 9.42. The van der Waals surface area contributed by atoms with Gasteiger partial charge in [0.1, 0.15) is 11.0 Å². The van der Waals surface area contributed by atoms with Crippen LogP contribution in [0.1, 0.15) is 12.8 Å². The Hall–Kier alpha value is -1.54. The smallest absolute Gasteiger partial charge is 0.349 e. The molecule has 0 amide bonds. The quantitative estimate of drug-likeness (QED) is 0.637. The molecule has 5 nitrogen and oxygen atoms in total. The Morgan fingerprint density at radius 1 is 1.47 bits per heavy atom. The summed E-state index contributed by atoms with van der Waals surface area (Å²) in [7, 11) is 0. The number of aromatic nitrogens is 2. The van der Waals surface area contributed by atoms with Crippen molar-refractivity contribution in [3.8, 4) is 6.07 Å². The van der Waals surface area contributed by atoms with Crippen molar-refractivity contribution in [1.29, 1.82) is 5.26 Å². The minimum Gasteiger partial charge on any atom is -0.349 e. The van der Waals surface area contributed by atoms with Crippen molar-refractivity contribution in [1.82, 2.24) is 9.55 Å². The SMILES string of the molecule is N#CC12CN3c4cc(Cl)nc(=O)n4CC3(C1)C2. The van der Waals surface area contributed by atoms with E-state index in [4.69, 9.17) is 11.6 Å². The van der Waals surface area contributed by atoms with Crippen LogP contribution >= 0.6 is 11.6 Å². The van der Waals surface area contributed by atoms with Gasteiger partial charge in [-0.2, -0.15) is 10.2 Å². The highest BCUT2D eigenvalue weighted by Crippen LogP contribution is 2.63. The lowest BCUT2D eigenvalue weighted by Crippen LogP contribution is -2.48. The van der Waals surface area contributed by atoms with Gasteiger partial charge in [0.2, 0.25) is 0 Å². The number of hydrogen-bond donors (Lipinski definition) is 0. The summed E-state index contributed by atoms with van der Waals surface area (Å²) < 4.78 is 1.67. The Morgan fingerprint density at radius 3 is 2.94 bits per heavy atom. The van der Waals surface area contributed by atoms with Gasteiger partial charge in [-0.05, 0) is 12.8 Å². The minimum absolute atomic E-state index is 0.0196. The average Bonchev–Trinajstić information content (AvgIpc) is 2.79. The minimum atomic E-state index is -0.286. The number of hydrogen-bond acceptors (Lipinski definition) is 4. The summed E-state index contributed by atoms with van der Waals surface area (Å²) in [6, 6.07) is 4.14. The second kappa shape index (κ2) is 2.49. The van der Waals surface area contributed by atoms with Gasteiger partial charge >= 0.3 is 5.69 Å². The third kappa shape index (κ3) is 0.918. The van der Waals surface area contributed by atoms with Crippen LogP contribution in [0.25, 0.3) is 0 Å². The molecule has 5 rings (SSSR count). The summed E-state index contributed by atoms with van der Waals surface area (Å²) in [6.45, 7) is 1.36. The molecule has 0 N–H and O–H groups in total. The molecule has 86 valence electrons. The van der Waals surface area contributed by atoms with E-state index in [0.29, 0.717) is 13.1 Å². The second-order valence-corrected chi connectivity index (χ2v) is 5.75. The first kappa shape index (κ1) is 9.49. The summed E-state index contributed by atoms with van der Waals surface area (Å²) in [5.41, 5.74) is -0.503. The maximum atomic E-state index is 11.7. The van der Waals surface area contributed by atoms with Gasteiger partial charge in [-0.25, -0.2) is 4.79 Å². The van der Waals surface area contributed by atoms with E-state index in [2.05, 4.69) is 16.0 Å². The van der Waals surface area contributed by atoms with Gasteiger partial charge in [0, 0.05) is 12.6 Å². The Kier molecular flexibility index (Phi) is 1.39. The topological polar surface area (TPSA) is 61.9 Å². The third-order valence-corrected chi connectivity index (χ3v) is 4.49. The number of rotatable bonds is 0. The van der Waals surface area contributed by atoms with Gasteiger partial charge in [-0.15, -0.1) is 0 Å². The van der Waals surface area contributed by atoms with Crippen LogP contribution < -0.4 is 10.6 Å². The van der Waals surface area contributed by atoms with E-state index in [9.17, 15) is 10.1 Å². The Bertz CT molecular complexity index is 638. The molecule has 4 heterocycles. The van der Waals surface area contributed by atoms with Crippen LogP contribution in [-0.4, -0.2) is 21.6 Å². The van der Waals surface area contributed by atoms with Crippen LogP contribution in [0.3, 0.4) is 0 Å². The maximum Gasteiger partial charge on any atom is 0.350 e. The van der Waals surface area contributed by atoms with Gasteiger partial charge < -0.3 is 4.90 Å². The fourth-order valence-electron chi connectivity index (χ4n) is 3.75. The van der Waals surface area contributed by atoms with Crippen molar-refractivity contribution in [2.45, 2.75) is 24.9 Å². The van der Waals surface area contributed by atoms with E-state index in [1.807, 2.05) is 0 Å². The molecule has 1 spiro atoms. The Labute approximate surface area is 102 Å². The molecule has 1 aromatic rings. The van der Waals surface area contributed by atoms with E-state index < -0.39 is 0 Å². The van der Waals surface area contributed by atoms with Crippen molar-refractivity contribution in [3.63, 3.8) is 0 Å². The lowest BCUT2D eigenvalue weighted by Gasteiger charge is -2.41. The molecule has 2 saturated heterocycles. The molecular formula is C11H9ClN4O. The van der Waals surface area contributed by atoms with E-state index >= 15 is 0 Å². The molecule has 6 heteroatoms. The zero-order valence-corrected chi connectivity index (χ0v) is 9.74. The summed E-state index contributed by atoms with van der Waals surface area (Å²) in [4.78, 5) is 17.7. The van der Waals surface area contributed by atoms with Gasteiger partial charge in [-0.3, -0.25) is 4.57 Å². The molecule has 0 radical (unpaired) electrons. The fourth-order valence-corrected chi connectivity index (χ4v) is 3.92. The van der Waals surface area contributed by atoms with Crippen molar-refractivity contribution in [2.75, 3.05) is 11.4 Å². The molecule has 0 atom stereocenters. The number of halogens is 1. The van der Waals surface area contributed by atoms with Gasteiger partial charge in [0.25, 0.3) is 0 Å². The van der Waals surface area contributed by atoms with Crippen LogP contribution in [-0.2, 0) is 6.54 Å². The number of anilines is 1. The highest BCUT2D eigenvalue weighted by Gasteiger charge is 2.68. The van der Waals surface area contributed by atoms with E-state index in [0.717, 1.165) is 18.7 Å². The second-order valence-electron chi connectivity index (χ2n) is 5.36. The molecule has 1 aromatic heterocycles. The maximum absolute atomic E-state index is 11.7. The number of nitrogens with zero attached hydrogens (tertiary/aromatic N) is 4. The number of fused-ring (bicyclic) bond motifs is 1. The molecule has 3 fully saturated rings. The van der Waals surface area contributed by atoms with Gasteiger partial charge in [0.15, 0.2) is 0 Å². The van der Waals surface area contributed by atoms with E-state index in [1.165, 1.54) is 0 Å². The van der Waals surface area contributed by atoms with Crippen LogP contribution in [0, 0.1) is 16.7 Å². The average molecular weight is 249 g/mol. The zero-order chi connectivity index (χ0) is 11.8. The van der Waals surface area contributed by atoms with Crippen LogP contribution in [0.2, 0.25) is 5.15 Å². The van der Waals surface area contributed by atoms with Crippen LogP contribution in [0.4, 0.5) is 5.82 Å². The molecule has 1 saturated carbocycles. The first-order valence-corrected chi connectivity index (χ1v) is 5.92. The number of nitriles is 1. The molecule has 0 unspecified atom stereocenters. The molecule has 2 bridgehead atoms. The van der Waals surface area contributed by atoms with Gasteiger partial charge in [-0.1, -0.05) is 11.6 Å². The van der Waals surface area contributed by atoms with Gasteiger partial charge in [0.05, 0.1) is 23.6 Å². The Morgan fingerprint density at radius 2 is 2.24 bits per heavy atom. The molecule has 3 aliphatic heterocycles. The molecule has 0 aromatic carbocycles. The lowest BCUT2D eigenvalue weighted by atomic mass is 9.63. The summed E-state index contributed by atoms with van der Waals surface area (Å²) >= 11 is 5.83. The first-order valence-electron chi connectivity index (χ1n) is 5.54. The summed E-state index contributed by atoms with van der Waals surface area (Å²) in [6.07, 6.45) is 1.71. The van der Waals surface area contributed by atoms with Crippen molar-refractivity contribution in [2.24, 2.45) is 5.41 Å². The normalized spacial score (nSPS) is 36.1. The molecule has 4 aliphatic rings. The standard InChI is InChI=1S/C11H9ClN4O/c12-7-1-8-15(9(17)14-7)6-11-2-10(3-11,4-13)5-16(8)11/h1H,2-3,5-6H2. The first-order chi connectivity index (χ1) is 8.07. The third-order valence-electron chi connectivity index (χ3n) is 4.29. The molecule has 17 heavy (non-hydrogen) atoms. The molecular weight excluding hydrogens is 240 g/mol. The monoisotopic (exact) mass is 248 g/mol. The largest absolute Gasteiger partial charge is 0.350 e. The van der Waals surface area contributed by atoms with Crippen LogP contribution in [0.15, 0.2) is 10.9 Å². The Balaban J connectivity index is 1.90. The highest BCUT2D eigenvalue weighted by molar-refractivity contribution is 6.29. The van der Waals surface area contributed by atoms with Crippen molar-refractivity contribution in [3.05, 3.63) is 21.7 Å². The molecule has 1 aliphatic carbocycles. The zero-order valence-electron chi connectivity index (χ0n) is 8.98. The van der Waals surface area contributed by atoms with Crippen molar-refractivity contribution < 1.29 is 0 Å². The van der Waals surface area contributed by atoms with E-state index in [-0.39, 0.29) is 21.8 Å². The lowest BCUT2D eigenvalue weighted by molar-refractivity contribution is 0.168.